The quantitative estimate of drug-likeness (QED) is 0.859. The molecule has 1 saturated heterocycles. The fourth-order valence-electron chi connectivity index (χ4n) is 3.07. The normalized spacial score (nSPS) is 28.5. The molecule has 1 aromatic rings. The maximum atomic E-state index is 12.3. The van der Waals surface area contributed by atoms with Crippen molar-refractivity contribution in [1.82, 2.24) is 9.97 Å². The largest absolute Gasteiger partial charge is 0.356 e. The Labute approximate surface area is 135 Å². The highest BCUT2D eigenvalue weighted by atomic mass is 32.2. The summed E-state index contributed by atoms with van der Waals surface area (Å²) < 4.78 is 12.3. The van der Waals surface area contributed by atoms with E-state index in [1.165, 1.54) is 31.4 Å². The molecule has 0 bridgehead atoms. The average Bonchev–Trinajstić information content (AvgIpc) is 3.38. The molecule has 5 heteroatoms. The Bertz CT molecular complexity index is 578. The van der Waals surface area contributed by atoms with E-state index < -0.39 is 10.8 Å². The Kier molecular flexibility index (Phi) is 3.51. The predicted molar refractivity (Wildman–Crippen MR) is 89.9 cm³/mol. The van der Waals surface area contributed by atoms with Crippen molar-refractivity contribution < 1.29 is 4.21 Å². The van der Waals surface area contributed by atoms with Crippen LogP contribution in [0.4, 0.5) is 5.82 Å². The lowest BCUT2D eigenvalue weighted by atomic mass is 10.1. The molecule has 1 aromatic heterocycles. The Balaban J connectivity index is 1.62. The van der Waals surface area contributed by atoms with E-state index in [1.54, 1.807) is 0 Å². The molecule has 1 unspecified atom stereocenters. The van der Waals surface area contributed by atoms with Crippen molar-refractivity contribution in [2.45, 2.75) is 62.5 Å². The fraction of sp³-hybridized carbons (Fsp3) is 0.765. The third kappa shape index (κ3) is 2.92. The van der Waals surface area contributed by atoms with Crippen molar-refractivity contribution in [3.05, 3.63) is 17.6 Å². The van der Waals surface area contributed by atoms with Gasteiger partial charge in [0.15, 0.2) is 0 Å². The molecule has 2 aliphatic carbocycles. The third-order valence-electron chi connectivity index (χ3n) is 5.16. The summed E-state index contributed by atoms with van der Waals surface area (Å²) in [6, 6.07) is 2.20. The van der Waals surface area contributed by atoms with E-state index in [0.717, 1.165) is 36.9 Å². The minimum Gasteiger partial charge on any atom is -0.356 e. The molecule has 0 radical (unpaired) electrons. The first-order valence-electron chi connectivity index (χ1n) is 8.55. The smallest absolute Gasteiger partial charge is 0.134 e. The monoisotopic (exact) mass is 319 g/mol. The highest BCUT2D eigenvalue weighted by molar-refractivity contribution is 7.86. The van der Waals surface area contributed by atoms with Gasteiger partial charge >= 0.3 is 0 Å². The molecule has 2 heterocycles. The predicted octanol–water partition coefficient (Wildman–Crippen LogP) is 2.97. The van der Waals surface area contributed by atoms with Gasteiger partial charge in [-0.15, -0.1) is 0 Å². The van der Waals surface area contributed by atoms with E-state index >= 15 is 0 Å². The first-order chi connectivity index (χ1) is 10.5. The van der Waals surface area contributed by atoms with E-state index in [0.29, 0.717) is 11.8 Å². The maximum Gasteiger partial charge on any atom is 0.134 e. The highest BCUT2D eigenvalue weighted by Gasteiger charge is 2.34. The van der Waals surface area contributed by atoms with Crippen LogP contribution in [0.25, 0.3) is 0 Å². The van der Waals surface area contributed by atoms with E-state index in [2.05, 4.69) is 24.8 Å². The Hall–Kier alpha value is -0.970. The summed E-state index contributed by atoms with van der Waals surface area (Å²) in [6.07, 6.45) is 5.99. The van der Waals surface area contributed by atoms with Gasteiger partial charge in [0.25, 0.3) is 0 Å². The Morgan fingerprint density at radius 2 is 1.86 bits per heavy atom. The van der Waals surface area contributed by atoms with Gasteiger partial charge in [0, 0.05) is 58.0 Å². The molecule has 0 amide bonds. The van der Waals surface area contributed by atoms with Gasteiger partial charge in [-0.05, 0) is 46.0 Å². The molecule has 4 nitrogen and oxygen atoms in total. The lowest BCUT2D eigenvalue weighted by Gasteiger charge is -2.24. The maximum absolute atomic E-state index is 12.3. The van der Waals surface area contributed by atoms with Crippen LogP contribution in [-0.4, -0.2) is 37.8 Å². The van der Waals surface area contributed by atoms with E-state index in [4.69, 9.17) is 9.97 Å². The summed E-state index contributed by atoms with van der Waals surface area (Å²) >= 11 is 0. The zero-order valence-electron chi connectivity index (χ0n) is 13.5. The second-order valence-electron chi connectivity index (χ2n) is 7.60. The van der Waals surface area contributed by atoms with Gasteiger partial charge < -0.3 is 4.90 Å². The summed E-state index contributed by atoms with van der Waals surface area (Å²) in [4.78, 5) is 12.0. The minimum absolute atomic E-state index is 0.0829. The number of rotatable bonds is 3. The van der Waals surface area contributed by atoms with Crippen LogP contribution >= 0.6 is 0 Å². The highest BCUT2D eigenvalue weighted by Crippen LogP contribution is 2.43. The van der Waals surface area contributed by atoms with Crippen LogP contribution in [0.1, 0.15) is 69.3 Å². The van der Waals surface area contributed by atoms with Gasteiger partial charge in [0.1, 0.15) is 11.6 Å². The van der Waals surface area contributed by atoms with Crippen molar-refractivity contribution >= 4 is 16.6 Å². The second-order valence-corrected chi connectivity index (χ2v) is 9.81. The van der Waals surface area contributed by atoms with Crippen molar-refractivity contribution in [2.24, 2.45) is 0 Å². The summed E-state index contributed by atoms with van der Waals surface area (Å²) in [5.41, 5.74) is 1.25. The van der Waals surface area contributed by atoms with Gasteiger partial charge in [-0.2, -0.15) is 0 Å². The van der Waals surface area contributed by atoms with Crippen molar-refractivity contribution in [3.8, 4) is 0 Å². The minimum atomic E-state index is -0.751. The lowest BCUT2D eigenvalue weighted by molar-refractivity contribution is 0.598. The molecule has 120 valence electrons. The summed E-state index contributed by atoms with van der Waals surface area (Å²) in [5, 5.41) is 0. The van der Waals surface area contributed by atoms with Crippen LogP contribution in [0.15, 0.2) is 6.07 Å². The summed E-state index contributed by atoms with van der Waals surface area (Å²) in [7, 11) is -0.751. The Morgan fingerprint density at radius 1 is 1.14 bits per heavy atom. The number of hydrogen-bond donors (Lipinski definition) is 0. The molecule has 4 rings (SSSR count). The van der Waals surface area contributed by atoms with Gasteiger partial charge in [0.05, 0.1) is 0 Å². The lowest BCUT2D eigenvalue weighted by Crippen LogP contribution is -2.28. The molecule has 1 atom stereocenters. The third-order valence-corrected chi connectivity index (χ3v) is 7.15. The first-order valence-corrected chi connectivity index (χ1v) is 9.87. The molecule has 3 aliphatic rings. The van der Waals surface area contributed by atoms with Gasteiger partial charge in [-0.1, -0.05) is 0 Å². The average molecular weight is 319 g/mol. The Morgan fingerprint density at radius 3 is 2.55 bits per heavy atom. The fourth-order valence-corrected chi connectivity index (χ4v) is 4.33. The van der Waals surface area contributed by atoms with Crippen LogP contribution in [-0.2, 0) is 10.8 Å². The zero-order valence-corrected chi connectivity index (χ0v) is 14.4. The van der Waals surface area contributed by atoms with Gasteiger partial charge in [0.2, 0.25) is 0 Å². The molecular weight excluding hydrogens is 294 g/mol. The zero-order chi connectivity index (χ0) is 15.3. The first kappa shape index (κ1) is 14.6. The standard InChI is InChI=1S/C17H25N3OS/c1-17(2)7-8-20(9-10-22(17)21)15-11-14(12-3-4-12)18-16(19-15)13-5-6-13/h11-13H,3-10H2,1-2H3. The number of aromatic nitrogens is 2. The molecule has 1 aliphatic heterocycles. The second kappa shape index (κ2) is 5.29. The molecule has 0 N–H and O–H groups in total. The van der Waals surface area contributed by atoms with E-state index in [1.807, 2.05) is 0 Å². The number of anilines is 1. The van der Waals surface area contributed by atoms with Crippen molar-refractivity contribution in [3.63, 3.8) is 0 Å². The van der Waals surface area contributed by atoms with E-state index in [9.17, 15) is 4.21 Å². The van der Waals surface area contributed by atoms with Crippen molar-refractivity contribution in [2.75, 3.05) is 23.7 Å². The van der Waals surface area contributed by atoms with Crippen LogP contribution in [0.3, 0.4) is 0 Å². The SMILES string of the molecule is CC1(C)CCN(c2cc(C3CC3)nc(C3CC3)n2)CCS1=O. The molecule has 3 fully saturated rings. The van der Waals surface area contributed by atoms with Gasteiger partial charge in [-0.25, -0.2) is 9.97 Å². The van der Waals surface area contributed by atoms with E-state index in [-0.39, 0.29) is 4.75 Å². The number of nitrogens with zero attached hydrogens (tertiary/aromatic N) is 3. The topological polar surface area (TPSA) is 46.1 Å². The summed E-state index contributed by atoms with van der Waals surface area (Å²) in [6.45, 7) is 6.04. The van der Waals surface area contributed by atoms with Crippen LogP contribution in [0, 0.1) is 0 Å². The van der Waals surface area contributed by atoms with Crippen LogP contribution < -0.4 is 4.90 Å². The van der Waals surface area contributed by atoms with Crippen LogP contribution in [0.2, 0.25) is 0 Å². The molecule has 22 heavy (non-hydrogen) atoms. The molecule has 0 aromatic carbocycles. The summed E-state index contributed by atoms with van der Waals surface area (Å²) in [5.74, 6) is 4.14. The van der Waals surface area contributed by atoms with Crippen molar-refractivity contribution in [1.29, 1.82) is 0 Å². The van der Waals surface area contributed by atoms with Crippen LogP contribution in [0.5, 0.6) is 0 Å². The number of hydrogen-bond acceptors (Lipinski definition) is 4. The van der Waals surface area contributed by atoms with Gasteiger partial charge in [-0.3, -0.25) is 4.21 Å². The molecule has 2 saturated carbocycles. The molecular formula is C17H25N3OS. The molecule has 0 spiro atoms.